The Labute approximate surface area is 123 Å². The lowest BCUT2D eigenvalue weighted by molar-refractivity contribution is 0.0407. The maximum atomic E-state index is 5.94. The Bertz CT molecular complexity index is 402. The Morgan fingerprint density at radius 2 is 2.00 bits per heavy atom. The van der Waals surface area contributed by atoms with E-state index >= 15 is 0 Å². The minimum absolute atomic E-state index is 0.229. The summed E-state index contributed by atoms with van der Waals surface area (Å²) >= 11 is 0. The minimum atomic E-state index is 0.229. The van der Waals surface area contributed by atoms with Gasteiger partial charge in [0.1, 0.15) is 0 Å². The van der Waals surface area contributed by atoms with E-state index < -0.39 is 0 Å². The van der Waals surface area contributed by atoms with Gasteiger partial charge in [0.25, 0.3) is 0 Å². The molecule has 1 aliphatic heterocycles. The van der Waals surface area contributed by atoms with Crippen LogP contribution in [0.2, 0.25) is 0 Å². The summed E-state index contributed by atoms with van der Waals surface area (Å²) in [5.41, 5.74) is 2.83. The van der Waals surface area contributed by atoms with Gasteiger partial charge in [0.05, 0.1) is 12.7 Å². The lowest BCUT2D eigenvalue weighted by Crippen LogP contribution is -2.33. The smallest absolute Gasteiger partial charge is 0.0952 e. The van der Waals surface area contributed by atoms with E-state index in [-0.39, 0.29) is 6.10 Å². The van der Waals surface area contributed by atoms with E-state index in [4.69, 9.17) is 4.74 Å². The minimum Gasteiger partial charge on any atom is -0.372 e. The van der Waals surface area contributed by atoms with E-state index in [0.717, 1.165) is 25.5 Å². The molecule has 2 atom stereocenters. The highest BCUT2D eigenvalue weighted by Gasteiger charge is 2.20. The molecular weight excluding hydrogens is 246 g/mol. The Morgan fingerprint density at radius 3 is 2.80 bits per heavy atom. The highest BCUT2D eigenvalue weighted by atomic mass is 16.5. The molecule has 2 rings (SSSR count). The molecule has 2 nitrogen and oxygen atoms in total. The van der Waals surface area contributed by atoms with Crippen LogP contribution in [0.25, 0.3) is 0 Å². The second-order valence-corrected chi connectivity index (χ2v) is 6.44. The van der Waals surface area contributed by atoms with Crippen molar-refractivity contribution in [3.63, 3.8) is 0 Å². The van der Waals surface area contributed by atoms with Crippen LogP contribution in [0.15, 0.2) is 24.3 Å². The van der Waals surface area contributed by atoms with Gasteiger partial charge in [0.2, 0.25) is 0 Å². The maximum Gasteiger partial charge on any atom is 0.0952 e. The number of nitrogens with one attached hydrogen (secondary N) is 1. The van der Waals surface area contributed by atoms with Crippen LogP contribution in [0.3, 0.4) is 0 Å². The molecule has 0 saturated carbocycles. The summed E-state index contributed by atoms with van der Waals surface area (Å²) in [6.45, 7) is 8.66. The van der Waals surface area contributed by atoms with E-state index in [1.807, 2.05) is 0 Å². The predicted octanol–water partition coefficient (Wildman–Crippen LogP) is 4.10. The van der Waals surface area contributed by atoms with Gasteiger partial charge in [-0.25, -0.2) is 0 Å². The van der Waals surface area contributed by atoms with Gasteiger partial charge in [-0.15, -0.1) is 0 Å². The fourth-order valence-corrected chi connectivity index (χ4v) is 2.89. The standard InChI is InChI=1S/C18H29NO/c1-14(2)7-6-8-15(3)19-13-18-17-10-5-4-9-16(17)11-12-20-18/h4-5,9-10,14-15,18-19H,6-8,11-13H2,1-3H3. The zero-order chi connectivity index (χ0) is 14.4. The molecule has 1 aromatic carbocycles. The van der Waals surface area contributed by atoms with E-state index in [0.29, 0.717) is 6.04 Å². The second-order valence-electron chi connectivity index (χ2n) is 6.44. The molecule has 0 aliphatic carbocycles. The molecule has 1 aromatic rings. The lowest BCUT2D eigenvalue weighted by Gasteiger charge is -2.27. The molecule has 0 amide bonds. The van der Waals surface area contributed by atoms with Crippen LogP contribution in [-0.4, -0.2) is 19.2 Å². The maximum absolute atomic E-state index is 5.94. The highest BCUT2D eigenvalue weighted by molar-refractivity contribution is 5.31. The number of rotatable bonds is 7. The van der Waals surface area contributed by atoms with E-state index in [2.05, 4.69) is 50.4 Å². The fraction of sp³-hybridized carbons (Fsp3) is 0.667. The third-order valence-electron chi connectivity index (χ3n) is 4.16. The summed E-state index contributed by atoms with van der Waals surface area (Å²) in [7, 11) is 0. The summed E-state index contributed by atoms with van der Waals surface area (Å²) in [5.74, 6) is 0.816. The average Bonchev–Trinajstić information content (AvgIpc) is 2.44. The zero-order valence-corrected chi connectivity index (χ0v) is 13.2. The second kappa shape index (κ2) is 7.80. The molecule has 1 N–H and O–H groups in total. The number of benzene rings is 1. The topological polar surface area (TPSA) is 21.3 Å². The van der Waals surface area contributed by atoms with Gasteiger partial charge in [-0.05, 0) is 36.8 Å². The van der Waals surface area contributed by atoms with Crippen LogP contribution in [0, 0.1) is 5.92 Å². The molecule has 20 heavy (non-hydrogen) atoms. The number of hydrogen-bond donors (Lipinski definition) is 1. The molecule has 112 valence electrons. The van der Waals surface area contributed by atoms with Crippen molar-refractivity contribution >= 4 is 0 Å². The number of hydrogen-bond acceptors (Lipinski definition) is 2. The molecule has 0 radical (unpaired) electrons. The van der Waals surface area contributed by atoms with Crippen LogP contribution in [-0.2, 0) is 11.2 Å². The van der Waals surface area contributed by atoms with E-state index in [9.17, 15) is 0 Å². The van der Waals surface area contributed by atoms with Crippen LogP contribution in [0.4, 0.5) is 0 Å². The summed E-state index contributed by atoms with van der Waals surface area (Å²) in [6, 6.07) is 9.27. The Morgan fingerprint density at radius 1 is 1.20 bits per heavy atom. The van der Waals surface area contributed by atoms with Gasteiger partial charge in [-0.2, -0.15) is 0 Å². The van der Waals surface area contributed by atoms with Crippen molar-refractivity contribution in [2.45, 2.75) is 58.6 Å². The van der Waals surface area contributed by atoms with Gasteiger partial charge < -0.3 is 10.1 Å². The summed E-state index contributed by atoms with van der Waals surface area (Å²) < 4.78 is 5.94. The summed E-state index contributed by atoms with van der Waals surface area (Å²) in [5, 5.41) is 3.64. The van der Waals surface area contributed by atoms with Crippen molar-refractivity contribution in [1.29, 1.82) is 0 Å². The lowest BCUT2D eigenvalue weighted by atomic mass is 9.97. The third kappa shape index (κ3) is 4.60. The van der Waals surface area contributed by atoms with Crippen molar-refractivity contribution in [2.75, 3.05) is 13.2 Å². The number of ether oxygens (including phenoxy) is 1. The van der Waals surface area contributed by atoms with Crippen LogP contribution < -0.4 is 5.32 Å². The molecule has 1 aliphatic rings. The van der Waals surface area contributed by atoms with Gasteiger partial charge in [-0.1, -0.05) is 51.0 Å². The Kier molecular flexibility index (Phi) is 6.06. The van der Waals surface area contributed by atoms with Gasteiger partial charge in [0, 0.05) is 12.6 Å². The van der Waals surface area contributed by atoms with E-state index in [1.54, 1.807) is 0 Å². The largest absolute Gasteiger partial charge is 0.372 e. The molecule has 0 spiro atoms. The molecule has 0 aromatic heterocycles. The zero-order valence-electron chi connectivity index (χ0n) is 13.2. The fourth-order valence-electron chi connectivity index (χ4n) is 2.89. The third-order valence-corrected chi connectivity index (χ3v) is 4.16. The molecule has 1 heterocycles. The quantitative estimate of drug-likeness (QED) is 0.808. The first-order valence-corrected chi connectivity index (χ1v) is 8.09. The summed E-state index contributed by atoms with van der Waals surface area (Å²) in [6.07, 6.45) is 5.18. The molecule has 2 heteroatoms. The normalized spacial score (nSPS) is 19.9. The molecule has 2 unspecified atom stereocenters. The SMILES string of the molecule is CC(C)CCCC(C)NCC1OCCc2ccccc21. The van der Waals surface area contributed by atoms with Crippen molar-refractivity contribution < 1.29 is 4.74 Å². The van der Waals surface area contributed by atoms with Gasteiger partial charge in [-0.3, -0.25) is 0 Å². The Balaban J connectivity index is 1.77. The van der Waals surface area contributed by atoms with Crippen molar-refractivity contribution in [3.05, 3.63) is 35.4 Å². The summed E-state index contributed by atoms with van der Waals surface area (Å²) in [4.78, 5) is 0. The van der Waals surface area contributed by atoms with E-state index in [1.165, 1.54) is 30.4 Å². The van der Waals surface area contributed by atoms with Gasteiger partial charge >= 0.3 is 0 Å². The molecule has 0 bridgehead atoms. The monoisotopic (exact) mass is 275 g/mol. The first-order chi connectivity index (χ1) is 9.66. The number of fused-ring (bicyclic) bond motifs is 1. The predicted molar refractivity (Wildman–Crippen MR) is 85.0 cm³/mol. The van der Waals surface area contributed by atoms with Crippen LogP contribution >= 0.6 is 0 Å². The average molecular weight is 275 g/mol. The highest BCUT2D eigenvalue weighted by Crippen LogP contribution is 2.26. The molecule has 0 saturated heterocycles. The van der Waals surface area contributed by atoms with Crippen molar-refractivity contribution in [3.8, 4) is 0 Å². The first kappa shape index (κ1) is 15.5. The van der Waals surface area contributed by atoms with Crippen LogP contribution in [0.5, 0.6) is 0 Å². The van der Waals surface area contributed by atoms with Crippen molar-refractivity contribution in [1.82, 2.24) is 5.32 Å². The molecular formula is C18H29NO. The van der Waals surface area contributed by atoms with Gasteiger partial charge in [0.15, 0.2) is 0 Å². The first-order valence-electron chi connectivity index (χ1n) is 8.09. The Hall–Kier alpha value is -0.860. The molecule has 0 fully saturated rings. The van der Waals surface area contributed by atoms with Crippen LogP contribution in [0.1, 0.15) is 57.3 Å². The van der Waals surface area contributed by atoms with Crippen molar-refractivity contribution in [2.24, 2.45) is 5.92 Å².